The fourth-order valence-corrected chi connectivity index (χ4v) is 2.63. The Hall–Kier alpha value is -2.60. The molecule has 2 heterocycles. The molecule has 2 N–H and O–H groups in total. The largest absolute Gasteiger partial charge is 0.417 e. The predicted octanol–water partition coefficient (Wildman–Crippen LogP) is 3.22. The van der Waals surface area contributed by atoms with Gasteiger partial charge in [-0.15, -0.1) is 11.3 Å². The van der Waals surface area contributed by atoms with Crippen LogP contribution in [-0.2, 0) is 4.79 Å². The first-order valence-electron chi connectivity index (χ1n) is 6.28. The van der Waals surface area contributed by atoms with E-state index in [2.05, 4.69) is 10.3 Å². The fourth-order valence-electron chi connectivity index (χ4n) is 1.91. The topological polar surface area (TPSA) is 75.1 Å². The Kier molecular flexibility index (Phi) is 3.45. The van der Waals surface area contributed by atoms with Gasteiger partial charge in [0.2, 0.25) is 0 Å². The quantitative estimate of drug-likeness (QED) is 0.729. The van der Waals surface area contributed by atoms with Crippen molar-refractivity contribution in [2.75, 3.05) is 5.32 Å². The number of oxazole rings is 1. The van der Waals surface area contributed by atoms with Crippen molar-refractivity contribution in [3.8, 4) is 0 Å². The van der Waals surface area contributed by atoms with Crippen molar-refractivity contribution in [2.24, 2.45) is 0 Å². The number of hydrogen-bond donors (Lipinski definition) is 2. The van der Waals surface area contributed by atoms with Crippen molar-refractivity contribution in [3.63, 3.8) is 0 Å². The molecule has 0 bridgehead atoms. The Morgan fingerprint density at radius 2 is 2.24 bits per heavy atom. The van der Waals surface area contributed by atoms with Gasteiger partial charge in [0.25, 0.3) is 5.91 Å². The Morgan fingerprint density at radius 3 is 3.00 bits per heavy atom. The van der Waals surface area contributed by atoms with E-state index in [-0.39, 0.29) is 5.91 Å². The Labute approximate surface area is 123 Å². The summed E-state index contributed by atoms with van der Waals surface area (Å²) < 4.78 is 4.91. The van der Waals surface area contributed by atoms with E-state index in [0.717, 1.165) is 4.88 Å². The fraction of sp³-hybridized carbons (Fsp3) is 0.0667. The van der Waals surface area contributed by atoms with Gasteiger partial charge in [0.1, 0.15) is 0 Å². The van der Waals surface area contributed by atoms with Crippen molar-refractivity contribution >= 4 is 40.1 Å². The zero-order valence-electron chi connectivity index (χ0n) is 11.2. The number of hydrogen-bond acceptors (Lipinski definition) is 4. The van der Waals surface area contributed by atoms with Crippen molar-refractivity contribution < 1.29 is 9.21 Å². The average Bonchev–Trinajstić information content (AvgIpc) is 3.06. The molecule has 106 valence electrons. The van der Waals surface area contributed by atoms with E-state index in [1.165, 1.54) is 0 Å². The first-order valence-corrected chi connectivity index (χ1v) is 7.16. The van der Waals surface area contributed by atoms with Crippen LogP contribution in [0.5, 0.6) is 0 Å². The third-order valence-electron chi connectivity index (χ3n) is 2.94. The molecule has 0 aliphatic carbocycles. The summed E-state index contributed by atoms with van der Waals surface area (Å²) in [5.74, 6) is -0.698. The third-order valence-corrected chi connectivity index (χ3v) is 3.76. The van der Waals surface area contributed by atoms with Crippen LogP contribution in [0.4, 0.5) is 5.69 Å². The number of fused-ring (bicyclic) bond motifs is 1. The van der Waals surface area contributed by atoms with Gasteiger partial charge in [0.05, 0.1) is 5.52 Å². The average molecular weight is 300 g/mol. The number of aromatic nitrogens is 1. The molecule has 0 aliphatic rings. The third kappa shape index (κ3) is 2.95. The smallest absolute Gasteiger partial charge is 0.408 e. The van der Waals surface area contributed by atoms with Gasteiger partial charge in [-0.2, -0.15) is 0 Å². The van der Waals surface area contributed by atoms with Crippen molar-refractivity contribution in [2.45, 2.75) is 6.92 Å². The van der Waals surface area contributed by atoms with Crippen LogP contribution in [0.15, 0.2) is 50.5 Å². The second kappa shape index (κ2) is 5.41. The van der Waals surface area contributed by atoms with Gasteiger partial charge >= 0.3 is 5.76 Å². The van der Waals surface area contributed by atoms with Gasteiger partial charge < -0.3 is 9.73 Å². The van der Waals surface area contributed by atoms with E-state index >= 15 is 0 Å². The second-order valence-electron chi connectivity index (χ2n) is 4.52. The normalized spacial score (nSPS) is 11.8. The number of amides is 1. The molecule has 3 rings (SSSR count). The van der Waals surface area contributed by atoms with E-state index in [1.54, 1.807) is 36.5 Å². The highest BCUT2D eigenvalue weighted by atomic mass is 32.1. The van der Waals surface area contributed by atoms with Gasteiger partial charge in [-0.05, 0) is 42.6 Å². The molecule has 5 nitrogen and oxygen atoms in total. The number of benzene rings is 1. The highest BCUT2D eigenvalue weighted by molar-refractivity contribution is 7.10. The summed E-state index contributed by atoms with van der Waals surface area (Å²) in [5.41, 5.74) is 2.23. The van der Waals surface area contributed by atoms with Gasteiger partial charge in [0, 0.05) is 16.1 Å². The first kappa shape index (κ1) is 13.4. The van der Waals surface area contributed by atoms with Crippen LogP contribution in [0.2, 0.25) is 0 Å². The zero-order chi connectivity index (χ0) is 14.8. The van der Waals surface area contributed by atoms with Crippen LogP contribution in [0.3, 0.4) is 0 Å². The summed E-state index contributed by atoms with van der Waals surface area (Å²) in [5, 5.41) is 4.75. The minimum atomic E-state index is -0.512. The molecule has 0 aliphatic heterocycles. The van der Waals surface area contributed by atoms with Crippen molar-refractivity contribution in [1.29, 1.82) is 0 Å². The Bertz CT molecular complexity index is 872. The highest BCUT2D eigenvalue weighted by Crippen LogP contribution is 2.18. The molecule has 2 aromatic heterocycles. The SMILES string of the molecule is C/C(=C\c1cccs1)C(=O)Nc1ccc2oc(=O)[nH]c2c1. The number of aromatic amines is 1. The minimum Gasteiger partial charge on any atom is -0.408 e. The predicted molar refractivity (Wildman–Crippen MR) is 83.4 cm³/mol. The molecule has 21 heavy (non-hydrogen) atoms. The minimum absolute atomic E-state index is 0.186. The van der Waals surface area contributed by atoms with Crippen LogP contribution in [0.1, 0.15) is 11.8 Å². The summed E-state index contributed by atoms with van der Waals surface area (Å²) in [6.45, 7) is 1.76. The van der Waals surface area contributed by atoms with Crippen LogP contribution in [0, 0.1) is 0 Å². The number of thiophene rings is 1. The van der Waals surface area contributed by atoms with Gasteiger partial charge in [-0.25, -0.2) is 4.79 Å². The number of anilines is 1. The Balaban J connectivity index is 1.81. The summed E-state index contributed by atoms with van der Waals surface area (Å²) in [4.78, 5) is 26.8. The summed E-state index contributed by atoms with van der Waals surface area (Å²) >= 11 is 1.57. The Morgan fingerprint density at radius 1 is 1.38 bits per heavy atom. The number of nitrogens with one attached hydrogen (secondary N) is 2. The molecule has 3 aromatic rings. The van der Waals surface area contributed by atoms with Crippen molar-refractivity contribution in [1.82, 2.24) is 4.98 Å². The summed E-state index contributed by atoms with van der Waals surface area (Å²) in [6, 6.07) is 8.88. The maximum Gasteiger partial charge on any atom is 0.417 e. The molecule has 0 saturated carbocycles. The molecule has 0 fully saturated rings. The maximum atomic E-state index is 12.1. The number of H-pyrrole nitrogens is 1. The van der Waals surface area contributed by atoms with E-state index in [1.807, 2.05) is 23.6 Å². The number of carbonyl (C=O) groups is 1. The maximum absolute atomic E-state index is 12.1. The van der Waals surface area contributed by atoms with Crippen LogP contribution in [0.25, 0.3) is 17.2 Å². The monoisotopic (exact) mass is 300 g/mol. The molecular formula is C15H12N2O3S. The second-order valence-corrected chi connectivity index (χ2v) is 5.50. The lowest BCUT2D eigenvalue weighted by atomic mass is 10.2. The van der Waals surface area contributed by atoms with E-state index in [9.17, 15) is 9.59 Å². The van der Waals surface area contributed by atoms with E-state index in [4.69, 9.17) is 4.42 Å². The lowest BCUT2D eigenvalue weighted by Crippen LogP contribution is -2.12. The molecular weight excluding hydrogens is 288 g/mol. The standard InChI is InChI=1S/C15H12N2O3S/c1-9(7-11-3-2-6-21-11)14(18)16-10-4-5-13-12(8-10)17-15(19)20-13/h2-8H,1H3,(H,16,18)(H,17,19)/b9-7+. The zero-order valence-corrected chi connectivity index (χ0v) is 12.0. The van der Waals surface area contributed by atoms with Crippen LogP contribution in [-0.4, -0.2) is 10.9 Å². The molecule has 0 unspecified atom stereocenters. The van der Waals surface area contributed by atoms with E-state index < -0.39 is 5.76 Å². The molecule has 1 aromatic carbocycles. The van der Waals surface area contributed by atoms with Gasteiger partial charge in [-0.3, -0.25) is 9.78 Å². The molecule has 0 spiro atoms. The molecule has 6 heteroatoms. The number of carbonyl (C=O) groups excluding carboxylic acids is 1. The number of rotatable bonds is 3. The van der Waals surface area contributed by atoms with E-state index in [0.29, 0.717) is 22.4 Å². The summed E-state index contributed by atoms with van der Waals surface area (Å²) in [6.07, 6.45) is 1.83. The van der Waals surface area contributed by atoms with Crippen molar-refractivity contribution in [3.05, 3.63) is 56.7 Å². The van der Waals surface area contributed by atoms with Gasteiger partial charge in [0.15, 0.2) is 5.58 Å². The summed E-state index contributed by atoms with van der Waals surface area (Å²) in [7, 11) is 0. The van der Waals surface area contributed by atoms with Crippen LogP contribution < -0.4 is 11.1 Å². The lowest BCUT2D eigenvalue weighted by Gasteiger charge is -2.05. The molecule has 0 radical (unpaired) electrons. The lowest BCUT2D eigenvalue weighted by molar-refractivity contribution is -0.112. The van der Waals surface area contributed by atoms with Crippen LogP contribution >= 0.6 is 11.3 Å². The first-order chi connectivity index (χ1) is 10.1. The molecule has 0 atom stereocenters. The molecule has 1 amide bonds. The highest BCUT2D eigenvalue weighted by Gasteiger charge is 2.07. The molecule has 0 saturated heterocycles. The van der Waals surface area contributed by atoms with Gasteiger partial charge in [-0.1, -0.05) is 6.07 Å².